The Morgan fingerprint density at radius 2 is 1.60 bits per heavy atom. The quantitative estimate of drug-likeness (QED) is 0.0728. The first-order valence-electron chi connectivity index (χ1n) is 15.9. The van der Waals surface area contributed by atoms with Crippen LogP contribution < -0.4 is 31.9 Å². The van der Waals surface area contributed by atoms with E-state index in [0.29, 0.717) is 36.0 Å². The Balaban J connectivity index is 1.05. The molecule has 8 nitrogen and oxygen atoms in total. The van der Waals surface area contributed by atoms with Gasteiger partial charge in [0.2, 0.25) is 11.8 Å². The molecule has 3 atom stereocenters. The molecule has 2 saturated heterocycles. The lowest BCUT2D eigenvalue weighted by atomic mass is 10.0. The molecule has 45 heavy (non-hydrogen) atoms. The average molecular weight is 647 g/mol. The normalized spacial score (nSPS) is 19.4. The molecule has 0 radical (unpaired) electrons. The summed E-state index contributed by atoms with van der Waals surface area (Å²) in [6, 6.07) is 27.3. The first-order valence-corrected chi connectivity index (χ1v) is 18.6. The highest BCUT2D eigenvalue weighted by Gasteiger charge is 2.42. The van der Waals surface area contributed by atoms with Gasteiger partial charge in [-0.25, -0.2) is 4.79 Å². The van der Waals surface area contributed by atoms with E-state index < -0.39 is 7.14 Å². The van der Waals surface area contributed by atoms with Crippen LogP contribution in [0, 0.1) is 0 Å². The summed E-state index contributed by atoms with van der Waals surface area (Å²) < 4.78 is 21.2. The third-order valence-corrected chi connectivity index (χ3v) is 13.0. The van der Waals surface area contributed by atoms with E-state index in [9.17, 15) is 14.2 Å². The second kappa shape index (κ2) is 16.1. The highest BCUT2D eigenvalue weighted by molar-refractivity contribution is 8.00. The van der Waals surface area contributed by atoms with E-state index in [1.807, 2.05) is 96.7 Å². The van der Waals surface area contributed by atoms with Crippen LogP contribution in [0.2, 0.25) is 0 Å². The molecule has 0 aromatic heterocycles. The van der Waals surface area contributed by atoms with E-state index in [2.05, 4.69) is 20.9 Å². The number of urea groups is 1. The van der Waals surface area contributed by atoms with E-state index in [0.717, 1.165) is 60.5 Å². The maximum absolute atomic E-state index is 15.0. The molecule has 3 aromatic rings. The van der Waals surface area contributed by atoms with Gasteiger partial charge in [-0.2, -0.15) is 11.8 Å². The zero-order valence-electron chi connectivity index (χ0n) is 25.8. The average Bonchev–Trinajstić information content (AvgIpc) is 3.64. The number of nitrogens with one attached hydrogen (secondary N) is 3. The number of amides is 3. The molecule has 2 fully saturated rings. The van der Waals surface area contributed by atoms with Crippen molar-refractivity contribution >= 4 is 52.7 Å². The number of fused-ring (bicyclic) bond motifs is 1. The molecule has 3 amide bonds. The lowest BCUT2D eigenvalue weighted by Crippen LogP contribution is -2.36. The Hall–Kier alpha value is -3.55. The zero-order chi connectivity index (χ0) is 31.5. The smallest absolute Gasteiger partial charge is 0.315 e. The van der Waals surface area contributed by atoms with Gasteiger partial charge in [0.25, 0.3) is 0 Å². The topological polar surface area (TPSA) is 109 Å². The minimum Gasteiger partial charge on any atom is -0.477 e. The summed E-state index contributed by atoms with van der Waals surface area (Å²) in [6.07, 6.45) is 5.99. The summed E-state index contributed by atoms with van der Waals surface area (Å²) in [6.45, 7) is 1.13. The molecule has 0 bridgehead atoms. The summed E-state index contributed by atoms with van der Waals surface area (Å²) >= 11 is 1.91. The number of hydrogen-bond acceptors (Lipinski definition) is 6. The Morgan fingerprint density at radius 1 is 0.911 bits per heavy atom. The van der Waals surface area contributed by atoms with Crippen LogP contribution in [0.3, 0.4) is 0 Å². The second-order valence-corrected chi connectivity index (χ2v) is 15.5. The summed E-state index contributed by atoms with van der Waals surface area (Å²) in [5.41, 5.74) is 0.735. The van der Waals surface area contributed by atoms with Crippen molar-refractivity contribution in [2.45, 2.75) is 62.3 Å². The summed E-state index contributed by atoms with van der Waals surface area (Å²) in [5, 5.41) is 11.7. The van der Waals surface area contributed by atoms with Crippen LogP contribution in [0.1, 0.15) is 50.5 Å². The van der Waals surface area contributed by atoms with E-state index in [4.69, 9.17) is 4.74 Å². The van der Waals surface area contributed by atoms with Crippen molar-refractivity contribution in [3.63, 3.8) is 0 Å². The van der Waals surface area contributed by atoms with Gasteiger partial charge in [-0.3, -0.25) is 9.79 Å². The molecule has 3 N–H and O–H groups in total. The number of benzene rings is 3. The number of ether oxygens (including phenoxy) is 1. The maximum atomic E-state index is 15.0. The van der Waals surface area contributed by atoms with Gasteiger partial charge in [0, 0.05) is 52.5 Å². The van der Waals surface area contributed by atoms with E-state index in [-0.39, 0.29) is 24.0 Å². The van der Waals surface area contributed by atoms with Crippen LogP contribution in [0.5, 0.6) is 0 Å². The van der Waals surface area contributed by atoms with Crippen molar-refractivity contribution in [2.75, 3.05) is 26.0 Å². The molecule has 5 rings (SSSR count). The number of aliphatic imine (C=N–C) groups is 1. The van der Waals surface area contributed by atoms with Crippen molar-refractivity contribution < 1.29 is 18.9 Å². The monoisotopic (exact) mass is 646 g/mol. The number of nitrogens with zero attached hydrogens (tertiary/aromatic N) is 1. The largest absolute Gasteiger partial charge is 0.477 e. The first-order chi connectivity index (χ1) is 22.0. The predicted octanol–water partition coefficient (Wildman–Crippen LogP) is 4.73. The SMILES string of the molecule is CN=C(OCCCCCNC(=O)CCCC[C@@H]1SC[C@@H]2NC(=O)N[C@@H]21)c1ccccc1P(=O)(c1ccccc1)c1ccccc1. The van der Waals surface area contributed by atoms with Crippen molar-refractivity contribution in [2.24, 2.45) is 4.99 Å². The van der Waals surface area contributed by atoms with Crippen molar-refractivity contribution in [3.05, 3.63) is 90.5 Å². The van der Waals surface area contributed by atoms with Gasteiger partial charge >= 0.3 is 6.03 Å². The Labute approximate surface area is 270 Å². The minimum absolute atomic E-state index is 0.0558. The van der Waals surface area contributed by atoms with Crippen LogP contribution in [-0.2, 0) is 14.1 Å². The van der Waals surface area contributed by atoms with Crippen molar-refractivity contribution in [3.8, 4) is 0 Å². The highest BCUT2D eigenvalue weighted by atomic mass is 32.2. The number of unbranched alkanes of at least 4 members (excludes halogenated alkanes) is 3. The molecule has 238 valence electrons. The molecule has 0 unspecified atom stereocenters. The molecule has 0 saturated carbocycles. The van der Waals surface area contributed by atoms with Crippen molar-refractivity contribution in [1.82, 2.24) is 16.0 Å². The van der Waals surface area contributed by atoms with E-state index >= 15 is 0 Å². The molecule has 10 heteroatoms. The van der Waals surface area contributed by atoms with Crippen molar-refractivity contribution in [1.29, 1.82) is 0 Å². The van der Waals surface area contributed by atoms with Gasteiger partial charge in [0.1, 0.15) is 0 Å². The van der Waals surface area contributed by atoms with E-state index in [1.54, 1.807) is 7.05 Å². The zero-order valence-corrected chi connectivity index (χ0v) is 27.5. The molecule has 2 heterocycles. The third kappa shape index (κ3) is 8.19. The van der Waals surface area contributed by atoms with Gasteiger partial charge < -0.3 is 25.3 Å². The maximum Gasteiger partial charge on any atom is 0.315 e. The summed E-state index contributed by atoms with van der Waals surface area (Å²) in [4.78, 5) is 28.3. The highest BCUT2D eigenvalue weighted by Crippen LogP contribution is 2.43. The Morgan fingerprint density at radius 3 is 2.31 bits per heavy atom. The number of hydrogen-bond donors (Lipinski definition) is 3. The predicted molar refractivity (Wildman–Crippen MR) is 185 cm³/mol. The molecule has 0 spiro atoms. The number of rotatable bonds is 15. The minimum atomic E-state index is -3.19. The Kier molecular flexibility index (Phi) is 11.8. The van der Waals surface area contributed by atoms with Crippen LogP contribution in [0.25, 0.3) is 0 Å². The first kappa shape index (κ1) is 32.8. The van der Waals surface area contributed by atoms with Gasteiger partial charge in [0.15, 0.2) is 7.14 Å². The van der Waals surface area contributed by atoms with E-state index in [1.165, 1.54) is 0 Å². The molecule has 0 aliphatic carbocycles. The van der Waals surface area contributed by atoms with Crippen LogP contribution in [0.15, 0.2) is 89.9 Å². The number of thioether (sulfide) groups is 1. The molecule has 3 aromatic carbocycles. The molecule has 2 aliphatic heterocycles. The van der Waals surface area contributed by atoms with Crippen LogP contribution >= 0.6 is 18.9 Å². The number of carbonyl (C=O) groups is 2. The van der Waals surface area contributed by atoms with Gasteiger partial charge in [0.05, 0.1) is 18.7 Å². The third-order valence-electron chi connectivity index (χ3n) is 8.38. The van der Waals surface area contributed by atoms with Crippen LogP contribution in [0.4, 0.5) is 4.79 Å². The fraction of sp³-hybridized carbons (Fsp3) is 0.400. The summed E-state index contributed by atoms with van der Waals surface area (Å²) in [7, 11) is -1.49. The molecular weight excluding hydrogens is 603 g/mol. The lowest BCUT2D eigenvalue weighted by molar-refractivity contribution is -0.121. The van der Waals surface area contributed by atoms with Gasteiger partial charge in [-0.05, 0) is 38.2 Å². The van der Waals surface area contributed by atoms with Gasteiger partial charge in [-0.15, -0.1) is 0 Å². The summed E-state index contributed by atoms with van der Waals surface area (Å²) in [5.74, 6) is 1.53. The Bertz CT molecular complexity index is 1460. The standard InChI is InChI=1S/C35H43N4O4PS/c1-36-34(28-19-9-10-20-30(28)44(42,26-15-5-2-6-16-26)27-17-7-3-8-18-27)43-24-14-4-13-23-37-32(40)22-12-11-21-31-33-29(25-45-31)38-35(41)39-33/h2-3,5-10,15-20,29,31,33H,4,11-14,21-25H2,1H3,(H,37,40)(H2,38,39,41)/t29-,31-,33-/m0/s1. The molecule has 2 aliphatic rings. The fourth-order valence-electron chi connectivity index (χ4n) is 6.06. The fourth-order valence-corrected chi connectivity index (χ4v) is 10.4. The molecular formula is C35H43N4O4PS. The number of carbonyl (C=O) groups excluding carboxylic acids is 2. The lowest BCUT2D eigenvalue weighted by Gasteiger charge is -2.23. The van der Waals surface area contributed by atoms with Crippen LogP contribution in [-0.4, -0.2) is 61.1 Å². The second-order valence-electron chi connectivity index (χ2n) is 11.5. The van der Waals surface area contributed by atoms with Gasteiger partial charge in [-0.1, -0.05) is 85.3 Å².